The Morgan fingerprint density at radius 2 is 2.05 bits per heavy atom. The minimum absolute atomic E-state index is 0.190. The first-order valence-corrected chi connectivity index (χ1v) is 7.33. The first kappa shape index (κ1) is 13.7. The van der Waals surface area contributed by atoms with Gasteiger partial charge in [-0.2, -0.15) is 0 Å². The van der Waals surface area contributed by atoms with E-state index in [9.17, 15) is 9.90 Å². The van der Waals surface area contributed by atoms with Gasteiger partial charge < -0.3 is 10.4 Å². The van der Waals surface area contributed by atoms with Crippen molar-refractivity contribution < 1.29 is 9.90 Å². The van der Waals surface area contributed by atoms with E-state index in [-0.39, 0.29) is 6.04 Å². The average Bonchev–Trinajstić information content (AvgIpc) is 2.47. The monoisotopic (exact) mass is 281 g/mol. The lowest BCUT2D eigenvalue weighted by Crippen LogP contribution is -2.18. The molecule has 1 atom stereocenters. The number of rotatable bonds is 3. The quantitative estimate of drug-likeness (QED) is 0.887. The Kier molecular flexibility index (Phi) is 3.65. The molecule has 21 heavy (non-hydrogen) atoms. The van der Waals surface area contributed by atoms with Crippen LogP contribution in [0.3, 0.4) is 0 Å². The Morgan fingerprint density at radius 3 is 2.86 bits per heavy atom. The molecule has 3 heteroatoms. The standard InChI is InChI=1S/C18H19NO2/c1-12-9-10-15(18(20)21)17(11-12)19-16-8-4-6-13-5-2-3-7-14(13)16/h2-3,5,7,9-11,16,19H,4,6,8H2,1H3,(H,20,21). The van der Waals surface area contributed by atoms with E-state index in [1.54, 1.807) is 6.07 Å². The number of nitrogens with one attached hydrogen (secondary N) is 1. The lowest BCUT2D eigenvalue weighted by atomic mass is 9.87. The van der Waals surface area contributed by atoms with Gasteiger partial charge in [-0.15, -0.1) is 0 Å². The number of hydrogen-bond donors (Lipinski definition) is 2. The Labute approximate surface area is 124 Å². The first-order valence-electron chi connectivity index (χ1n) is 7.33. The summed E-state index contributed by atoms with van der Waals surface area (Å²) in [4.78, 5) is 11.4. The van der Waals surface area contributed by atoms with Crippen molar-refractivity contribution in [2.24, 2.45) is 0 Å². The average molecular weight is 281 g/mol. The molecule has 2 aromatic carbocycles. The smallest absolute Gasteiger partial charge is 0.337 e. The maximum Gasteiger partial charge on any atom is 0.337 e. The molecule has 0 saturated carbocycles. The van der Waals surface area contributed by atoms with Gasteiger partial charge in [0.15, 0.2) is 0 Å². The lowest BCUT2D eigenvalue weighted by Gasteiger charge is -2.28. The highest BCUT2D eigenvalue weighted by molar-refractivity contribution is 5.94. The lowest BCUT2D eigenvalue weighted by molar-refractivity contribution is 0.0698. The Bertz CT molecular complexity index is 679. The number of hydrogen-bond acceptors (Lipinski definition) is 2. The highest BCUT2D eigenvalue weighted by atomic mass is 16.4. The second kappa shape index (κ2) is 5.60. The van der Waals surface area contributed by atoms with Crippen LogP contribution >= 0.6 is 0 Å². The summed E-state index contributed by atoms with van der Waals surface area (Å²) in [6, 6.07) is 14.0. The van der Waals surface area contributed by atoms with Crippen molar-refractivity contribution in [2.45, 2.75) is 32.2 Å². The molecule has 3 nitrogen and oxygen atoms in total. The third-order valence-electron chi connectivity index (χ3n) is 4.10. The predicted octanol–water partition coefficient (Wildman–Crippen LogP) is 4.18. The van der Waals surface area contributed by atoms with E-state index in [4.69, 9.17) is 0 Å². The molecular formula is C18H19NO2. The number of benzene rings is 2. The summed E-state index contributed by atoms with van der Waals surface area (Å²) in [6.07, 6.45) is 3.26. The molecule has 0 radical (unpaired) electrons. The fraction of sp³-hybridized carbons (Fsp3) is 0.278. The van der Waals surface area contributed by atoms with Crippen molar-refractivity contribution >= 4 is 11.7 Å². The maximum atomic E-state index is 11.4. The Hall–Kier alpha value is -2.29. The number of carboxylic acid groups (broad SMARTS) is 1. The van der Waals surface area contributed by atoms with E-state index in [0.717, 1.165) is 24.8 Å². The minimum Gasteiger partial charge on any atom is -0.478 e. The third kappa shape index (κ3) is 2.77. The number of fused-ring (bicyclic) bond motifs is 1. The molecule has 0 heterocycles. The van der Waals surface area contributed by atoms with Gasteiger partial charge in [-0.3, -0.25) is 0 Å². The van der Waals surface area contributed by atoms with Gasteiger partial charge in [0, 0.05) is 5.69 Å². The first-order chi connectivity index (χ1) is 10.1. The summed E-state index contributed by atoms with van der Waals surface area (Å²) in [5.74, 6) is -0.887. The third-order valence-corrected chi connectivity index (χ3v) is 4.10. The molecule has 1 aliphatic carbocycles. The second-order valence-corrected chi connectivity index (χ2v) is 5.64. The van der Waals surface area contributed by atoms with Gasteiger partial charge in [-0.05, 0) is 55.0 Å². The largest absolute Gasteiger partial charge is 0.478 e. The van der Waals surface area contributed by atoms with Crippen molar-refractivity contribution in [1.29, 1.82) is 0 Å². The topological polar surface area (TPSA) is 49.3 Å². The maximum absolute atomic E-state index is 11.4. The summed E-state index contributed by atoms with van der Waals surface area (Å²) in [6.45, 7) is 1.98. The van der Waals surface area contributed by atoms with Crippen LogP contribution < -0.4 is 5.32 Å². The van der Waals surface area contributed by atoms with Crippen LogP contribution in [-0.4, -0.2) is 11.1 Å². The van der Waals surface area contributed by atoms with E-state index in [0.29, 0.717) is 11.3 Å². The molecule has 2 aromatic rings. The summed E-state index contributed by atoms with van der Waals surface area (Å²) in [5.41, 5.74) is 4.77. The van der Waals surface area contributed by atoms with E-state index in [1.807, 2.05) is 25.1 Å². The number of anilines is 1. The van der Waals surface area contributed by atoms with Crippen molar-refractivity contribution in [3.63, 3.8) is 0 Å². The molecule has 0 spiro atoms. The second-order valence-electron chi connectivity index (χ2n) is 5.64. The Balaban J connectivity index is 1.95. The van der Waals surface area contributed by atoms with Crippen LogP contribution in [0.25, 0.3) is 0 Å². The molecule has 1 aliphatic rings. The Morgan fingerprint density at radius 1 is 1.24 bits per heavy atom. The summed E-state index contributed by atoms with van der Waals surface area (Å²) in [5, 5.41) is 12.8. The number of aromatic carboxylic acids is 1. The van der Waals surface area contributed by atoms with Crippen molar-refractivity contribution in [3.8, 4) is 0 Å². The van der Waals surface area contributed by atoms with Crippen molar-refractivity contribution in [3.05, 3.63) is 64.7 Å². The van der Waals surface area contributed by atoms with Crippen LogP contribution in [-0.2, 0) is 6.42 Å². The van der Waals surface area contributed by atoms with Gasteiger partial charge in [-0.25, -0.2) is 4.79 Å². The summed E-state index contributed by atoms with van der Waals surface area (Å²) in [7, 11) is 0. The predicted molar refractivity (Wildman–Crippen MR) is 83.9 cm³/mol. The van der Waals surface area contributed by atoms with Gasteiger partial charge >= 0.3 is 5.97 Å². The van der Waals surface area contributed by atoms with Gasteiger partial charge in [0.1, 0.15) is 0 Å². The van der Waals surface area contributed by atoms with Crippen LogP contribution in [0.1, 0.15) is 45.9 Å². The molecule has 1 unspecified atom stereocenters. The number of carbonyl (C=O) groups is 1. The van der Waals surface area contributed by atoms with Crippen LogP contribution in [0.4, 0.5) is 5.69 Å². The molecule has 3 rings (SSSR count). The van der Waals surface area contributed by atoms with Crippen molar-refractivity contribution in [2.75, 3.05) is 5.32 Å². The van der Waals surface area contributed by atoms with E-state index in [2.05, 4.69) is 23.5 Å². The van der Waals surface area contributed by atoms with Crippen LogP contribution in [0.15, 0.2) is 42.5 Å². The molecule has 108 valence electrons. The fourth-order valence-corrected chi connectivity index (χ4v) is 3.06. The molecular weight excluding hydrogens is 262 g/mol. The molecule has 0 aromatic heterocycles. The number of carboxylic acids is 1. The highest BCUT2D eigenvalue weighted by Gasteiger charge is 2.21. The summed E-state index contributed by atoms with van der Waals surface area (Å²) < 4.78 is 0. The zero-order chi connectivity index (χ0) is 14.8. The fourth-order valence-electron chi connectivity index (χ4n) is 3.06. The highest BCUT2D eigenvalue weighted by Crippen LogP contribution is 2.33. The van der Waals surface area contributed by atoms with E-state index >= 15 is 0 Å². The molecule has 0 saturated heterocycles. The number of aryl methyl sites for hydroxylation is 2. The van der Waals surface area contributed by atoms with Gasteiger partial charge in [0.25, 0.3) is 0 Å². The van der Waals surface area contributed by atoms with Crippen molar-refractivity contribution in [1.82, 2.24) is 0 Å². The zero-order valence-electron chi connectivity index (χ0n) is 12.1. The van der Waals surface area contributed by atoms with Gasteiger partial charge in [-0.1, -0.05) is 30.3 Å². The molecule has 0 fully saturated rings. The molecule has 2 N–H and O–H groups in total. The van der Waals surface area contributed by atoms with Gasteiger partial charge in [0.05, 0.1) is 11.6 Å². The SMILES string of the molecule is Cc1ccc(C(=O)O)c(NC2CCCc3ccccc32)c1. The zero-order valence-corrected chi connectivity index (χ0v) is 12.1. The summed E-state index contributed by atoms with van der Waals surface area (Å²) >= 11 is 0. The van der Waals surface area contributed by atoms with Crippen LogP contribution in [0, 0.1) is 6.92 Å². The van der Waals surface area contributed by atoms with Crippen LogP contribution in [0.5, 0.6) is 0 Å². The van der Waals surface area contributed by atoms with E-state index in [1.165, 1.54) is 11.1 Å². The van der Waals surface area contributed by atoms with E-state index < -0.39 is 5.97 Å². The minimum atomic E-state index is -0.887. The molecule has 0 bridgehead atoms. The molecule has 0 aliphatic heterocycles. The van der Waals surface area contributed by atoms with Crippen LogP contribution in [0.2, 0.25) is 0 Å². The molecule has 0 amide bonds. The van der Waals surface area contributed by atoms with Gasteiger partial charge in [0.2, 0.25) is 0 Å². The normalized spacial score (nSPS) is 17.1.